The minimum absolute atomic E-state index is 0.130. The molecular formula is C16H13ClO. The Labute approximate surface area is 111 Å². The van der Waals surface area contributed by atoms with E-state index in [-0.39, 0.29) is 11.7 Å². The maximum Gasteiger partial charge on any atom is 0.166 e. The van der Waals surface area contributed by atoms with E-state index < -0.39 is 0 Å². The van der Waals surface area contributed by atoms with Gasteiger partial charge in [-0.3, -0.25) is 4.79 Å². The fraction of sp³-hybridized carbons (Fsp3) is 0.188. The van der Waals surface area contributed by atoms with Crippen LogP contribution in [0.1, 0.15) is 28.3 Å². The molecule has 18 heavy (non-hydrogen) atoms. The molecule has 0 aromatic heterocycles. The summed E-state index contributed by atoms with van der Waals surface area (Å²) in [5, 5.41) is 0.741. The standard InChI is InChI=1S/C16H13ClO/c17-13-8-4-7-12(9-13)14-10-15(14)16(18)11-5-2-1-3-6-11/h1-9,14-15H,10H2/t14-,15+/m1/s1. The van der Waals surface area contributed by atoms with E-state index in [0.29, 0.717) is 5.92 Å². The summed E-state index contributed by atoms with van der Waals surface area (Å²) in [6, 6.07) is 17.3. The van der Waals surface area contributed by atoms with Crippen LogP contribution in [0.15, 0.2) is 54.6 Å². The molecule has 0 saturated heterocycles. The Morgan fingerprint density at radius 3 is 2.56 bits per heavy atom. The highest BCUT2D eigenvalue weighted by atomic mass is 35.5. The first-order valence-corrected chi connectivity index (χ1v) is 6.48. The molecule has 0 N–H and O–H groups in total. The smallest absolute Gasteiger partial charge is 0.166 e. The van der Waals surface area contributed by atoms with Crippen molar-refractivity contribution in [2.45, 2.75) is 12.3 Å². The van der Waals surface area contributed by atoms with E-state index in [0.717, 1.165) is 17.0 Å². The number of hydrogen-bond donors (Lipinski definition) is 0. The summed E-state index contributed by atoms with van der Waals surface area (Å²) in [5.41, 5.74) is 1.99. The van der Waals surface area contributed by atoms with E-state index in [2.05, 4.69) is 6.07 Å². The minimum atomic E-state index is 0.130. The highest BCUT2D eigenvalue weighted by Gasteiger charge is 2.43. The molecule has 0 amide bonds. The molecule has 0 unspecified atom stereocenters. The molecule has 2 heteroatoms. The van der Waals surface area contributed by atoms with Crippen molar-refractivity contribution in [1.82, 2.24) is 0 Å². The molecule has 2 aromatic carbocycles. The van der Waals surface area contributed by atoms with E-state index in [9.17, 15) is 4.79 Å². The number of carbonyl (C=O) groups is 1. The van der Waals surface area contributed by atoms with Gasteiger partial charge in [-0.15, -0.1) is 0 Å². The summed E-state index contributed by atoms with van der Waals surface area (Å²) in [6.45, 7) is 0. The van der Waals surface area contributed by atoms with Crippen LogP contribution in [0.25, 0.3) is 0 Å². The summed E-state index contributed by atoms with van der Waals surface area (Å²) in [4.78, 5) is 12.2. The first-order valence-electron chi connectivity index (χ1n) is 6.10. The van der Waals surface area contributed by atoms with Crippen LogP contribution >= 0.6 is 11.6 Å². The lowest BCUT2D eigenvalue weighted by Crippen LogP contribution is -2.02. The highest BCUT2D eigenvalue weighted by molar-refractivity contribution is 6.30. The molecule has 0 bridgehead atoms. The molecule has 2 atom stereocenters. The first kappa shape index (κ1) is 11.5. The molecule has 1 nitrogen and oxygen atoms in total. The number of hydrogen-bond acceptors (Lipinski definition) is 1. The molecule has 0 spiro atoms. The average molecular weight is 257 g/mol. The Hall–Kier alpha value is -1.60. The second-order valence-corrected chi connectivity index (χ2v) is 5.17. The van der Waals surface area contributed by atoms with Crippen LogP contribution in [0.5, 0.6) is 0 Å². The second-order valence-electron chi connectivity index (χ2n) is 4.73. The number of rotatable bonds is 3. The van der Waals surface area contributed by atoms with Gasteiger partial charge in [0.25, 0.3) is 0 Å². The van der Waals surface area contributed by atoms with Gasteiger partial charge in [0.15, 0.2) is 5.78 Å². The fourth-order valence-corrected chi connectivity index (χ4v) is 2.61. The van der Waals surface area contributed by atoms with Crippen molar-refractivity contribution in [3.05, 3.63) is 70.7 Å². The lowest BCUT2D eigenvalue weighted by atomic mass is 10.0. The van der Waals surface area contributed by atoms with Crippen molar-refractivity contribution in [2.75, 3.05) is 0 Å². The molecule has 1 fully saturated rings. The fourth-order valence-electron chi connectivity index (χ4n) is 2.41. The normalized spacial score (nSPS) is 21.6. The molecular weight excluding hydrogens is 244 g/mol. The zero-order valence-electron chi connectivity index (χ0n) is 9.84. The monoisotopic (exact) mass is 256 g/mol. The maximum absolute atomic E-state index is 12.2. The first-order chi connectivity index (χ1) is 8.75. The Bertz CT molecular complexity index is 577. The van der Waals surface area contributed by atoms with Crippen LogP contribution < -0.4 is 0 Å². The van der Waals surface area contributed by atoms with Crippen molar-refractivity contribution in [3.8, 4) is 0 Å². The maximum atomic E-state index is 12.2. The summed E-state index contributed by atoms with van der Waals surface area (Å²) >= 11 is 5.98. The van der Waals surface area contributed by atoms with Crippen molar-refractivity contribution in [2.24, 2.45) is 5.92 Å². The van der Waals surface area contributed by atoms with Gasteiger partial charge < -0.3 is 0 Å². The third kappa shape index (κ3) is 2.19. The van der Waals surface area contributed by atoms with Crippen molar-refractivity contribution < 1.29 is 4.79 Å². The zero-order valence-corrected chi connectivity index (χ0v) is 10.6. The predicted octanol–water partition coefficient (Wildman–Crippen LogP) is 4.33. The Morgan fingerprint density at radius 1 is 1.06 bits per heavy atom. The van der Waals surface area contributed by atoms with Crippen LogP contribution in [-0.2, 0) is 0 Å². The zero-order chi connectivity index (χ0) is 12.5. The van der Waals surface area contributed by atoms with Crippen LogP contribution in [0.3, 0.4) is 0 Å². The third-order valence-electron chi connectivity index (χ3n) is 3.46. The lowest BCUT2D eigenvalue weighted by molar-refractivity contribution is 0.0965. The van der Waals surface area contributed by atoms with E-state index >= 15 is 0 Å². The van der Waals surface area contributed by atoms with Gasteiger partial charge in [0.05, 0.1) is 0 Å². The van der Waals surface area contributed by atoms with Gasteiger partial charge in [0.2, 0.25) is 0 Å². The highest BCUT2D eigenvalue weighted by Crippen LogP contribution is 2.49. The number of halogens is 1. The molecule has 0 radical (unpaired) electrons. The Kier molecular flexibility index (Phi) is 2.92. The van der Waals surface area contributed by atoms with Gasteiger partial charge in [-0.25, -0.2) is 0 Å². The van der Waals surface area contributed by atoms with Gasteiger partial charge in [0.1, 0.15) is 0 Å². The minimum Gasteiger partial charge on any atom is -0.294 e. The van der Waals surface area contributed by atoms with E-state index in [4.69, 9.17) is 11.6 Å². The van der Waals surface area contributed by atoms with E-state index in [1.165, 1.54) is 5.56 Å². The predicted molar refractivity (Wildman–Crippen MR) is 73.1 cm³/mol. The molecule has 0 aliphatic heterocycles. The Morgan fingerprint density at radius 2 is 1.83 bits per heavy atom. The van der Waals surface area contributed by atoms with Crippen LogP contribution in [0.4, 0.5) is 0 Å². The number of Topliss-reactive ketones (excluding diaryl/α,β-unsaturated/α-hetero) is 1. The molecule has 2 aromatic rings. The molecule has 90 valence electrons. The molecule has 3 rings (SSSR count). The van der Waals surface area contributed by atoms with E-state index in [1.807, 2.05) is 48.5 Å². The van der Waals surface area contributed by atoms with Crippen molar-refractivity contribution >= 4 is 17.4 Å². The van der Waals surface area contributed by atoms with Crippen LogP contribution in [0, 0.1) is 5.92 Å². The summed E-state index contributed by atoms with van der Waals surface area (Å²) in [6.07, 6.45) is 0.939. The lowest BCUT2D eigenvalue weighted by Gasteiger charge is -2.01. The third-order valence-corrected chi connectivity index (χ3v) is 3.70. The molecule has 0 heterocycles. The van der Waals surface area contributed by atoms with E-state index in [1.54, 1.807) is 0 Å². The van der Waals surface area contributed by atoms with Crippen molar-refractivity contribution in [3.63, 3.8) is 0 Å². The van der Waals surface area contributed by atoms with Gasteiger partial charge in [-0.1, -0.05) is 54.1 Å². The van der Waals surface area contributed by atoms with Crippen LogP contribution in [-0.4, -0.2) is 5.78 Å². The molecule has 1 aliphatic rings. The number of carbonyl (C=O) groups excluding carboxylic acids is 1. The number of benzene rings is 2. The number of ketones is 1. The quantitative estimate of drug-likeness (QED) is 0.747. The molecule has 1 saturated carbocycles. The topological polar surface area (TPSA) is 17.1 Å². The SMILES string of the molecule is O=C(c1ccccc1)[C@H]1C[C@@H]1c1cccc(Cl)c1. The Balaban J connectivity index is 1.77. The average Bonchev–Trinajstić information content (AvgIpc) is 3.19. The summed E-state index contributed by atoms with van der Waals surface area (Å²) in [7, 11) is 0. The van der Waals surface area contributed by atoms with Gasteiger partial charge in [-0.05, 0) is 30.0 Å². The van der Waals surface area contributed by atoms with Crippen LogP contribution in [0.2, 0.25) is 5.02 Å². The summed E-state index contributed by atoms with van der Waals surface area (Å²) in [5.74, 6) is 0.725. The van der Waals surface area contributed by atoms with Gasteiger partial charge in [-0.2, -0.15) is 0 Å². The largest absolute Gasteiger partial charge is 0.294 e. The summed E-state index contributed by atoms with van der Waals surface area (Å²) < 4.78 is 0. The van der Waals surface area contributed by atoms with Gasteiger partial charge >= 0.3 is 0 Å². The van der Waals surface area contributed by atoms with Gasteiger partial charge in [0, 0.05) is 16.5 Å². The van der Waals surface area contributed by atoms with Crippen molar-refractivity contribution in [1.29, 1.82) is 0 Å². The second kappa shape index (κ2) is 4.58. The molecule has 1 aliphatic carbocycles.